The predicted octanol–water partition coefficient (Wildman–Crippen LogP) is 3.95. The first-order valence-electron chi connectivity index (χ1n) is 8.72. The highest BCUT2D eigenvalue weighted by Gasteiger charge is 2.36. The Hall–Kier alpha value is -2.16. The monoisotopic (exact) mass is 318 g/mol. The highest BCUT2D eigenvalue weighted by Crippen LogP contribution is 2.35. The number of aryl methyl sites for hydroxylation is 2. The van der Waals surface area contributed by atoms with E-state index in [0.717, 1.165) is 18.4 Å². The van der Waals surface area contributed by atoms with Crippen molar-refractivity contribution < 1.29 is 0 Å². The van der Waals surface area contributed by atoms with Gasteiger partial charge in [0.25, 0.3) is 0 Å². The summed E-state index contributed by atoms with van der Waals surface area (Å²) >= 11 is 0. The number of rotatable bonds is 4. The summed E-state index contributed by atoms with van der Waals surface area (Å²) < 4.78 is 0. The van der Waals surface area contributed by atoms with Gasteiger partial charge in [-0.05, 0) is 40.7 Å². The third-order valence-corrected chi connectivity index (χ3v) is 4.99. The van der Waals surface area contributed by atoms with Gasteiger partial charge in [0.2, 0.25) is 0 Å². The first-order chi connectivity index (χ1) is 11.6. The number of hydrogen-bond acceptors (Lipinski definition) is 2. The molecule has 0 amide bonds. The maximum Gasteiger partial charge on any atom is 0.0794 e. The standard InChI is InChI=1S/C22H26N2/c1-3-16-11-8-12-17(4-2)21(16)22(24)14-13-19(15-20(22)23)18-9-6-5-7-10-18/h5-15,20H,3-4,23-24H2,1-2H3. The van der Waals surface area contributed by atoms with Crippen LogP contribution in [0, 0.1) is 0 Å². The van der Waals surface area contributed by atoms with Crippen molar-refractivity contribution in [3.63, 3.8) is 0 Å². The van der Waals surface area contributed by atoms with Gasteiger partial charge in [-0.3, -0.25) is 0 Å². The van der Waals surface area contributed by atoms with Gasteiger partial charge < -0.3 is 11.5 Å². The molecular weight excluding hydrogens is 292 g/mol. The Kier molecular flexibility index (Phi) is 4.70. The van der Waals surface area contributed by atoms with Crippen molar-refractivity contribution in [1.29, 1.82) is 0 Å². The van der Waals surface area contributed by atoms with Crippen molar-refractivity contribution in [1.82, 2.24) is 0 Å². The molecule has 1 aliphatic carbocycles. The number of allylic oxidation sites excluding steroid dienone is 2. The van der Waals surface area contributed by atoms with Crippen LogP contribution in [0.2, 0.25) is 0 Å². The van der Waals surface area contributed by atoms with E-state index >= 15 is 0 Å². The third-order valence-electron chi connectivity index (χ3n) is 4.99. The van der Waals surface area contributed by atoms with Crippen molar-refractivity contribution in [2.24, 2.45) is 11.5 Å². The zero-order chi connectivity index (χ0) is 17.2. The van der Waals surface area contributed by atoms with Crippen LogP contribution < -0.4 is 11.5 Å². The molecule has 24 heavy (non-hydrogen) atoms. The Morgan fingerprint density at radius 1 is 0.917 bits per heavy atom. The quantitative estimate of drug-likeness (QED) is 0.897. The molecule has 0 fully saturated rings. The molecule has 1 aliphatic rings. The molecule has 2 aromatic carbocycles. The van der Waals surface area contributed by atoms with Crippen LogP contribution >= 0.6 is 0 Å². The molecule has 4 N–H and O–H groups in total. The fraction of sp³-hybridized carbons (Fsp3) is 0.273. The van der Waals surface area contributed by atoms with Gasteiger partial charge in [-0.2, -0.15) is 0 Å². The van der Waals surface area contributed by atoms with Gasteiger partial charge in [-0.1, -0.05) is 80.6 Å². The maximum atomic E-state index is 6.86. The first kappa shape index (κ1) is 16.7. The Labute approximate surface area is 144 Å². The Morgan fingerprint density at radius 3 is 2.08 bits per heavy atom. The van der Waals surface area contributed by atoms with Crippen molar-refractivity contribution in [2.75, 3.05) is 0 Å². The van der Waals surface area contributed by atoms with Crippen molar-refractivity contribution in [3.05, 3.63) is 89.0 Å². The normalized spacial score (nSPS) is 23.2. The van der Waals surface area contributed by atoms with E-state index in [-0.39, 0.29) is 6.04 Å². The summed E-state index contributed by atoms with van der Waals surface area (Å²) in [5, 5.41) is 0. The number of nitrogens with two attached hydrogens (primary N) is 2. The van der Waals surface area contributed by atoms with Gasteiger partial charge >= 0.3 is 0 Å². The topological polar surface area (TPSA) is 52.0 Å². The molecule has 2 nitrogen and oxygen atoms in total. The molecule has 124 valence electrons. The summed E-state index contributed by atoms with van der Waals surface area (Å²) in [5.74, 6) is 0. The van der Waals surface area contributed by atoms with Crippen LogP contribution in [-0.4, -0.2) is 6.04 Å². The second kappa shape index (κ2) is 6.76. The van der Waals surface area contributed by atoms with Crippen molar-refractivity contribution >= 4 is 5.57 Å². The summed E-state index contributed by atoms with van der Waals surface area (Å²) in [4.78, 5) is 0. The molecule has 0 bridgehead atoms. The lowest BCUT2D eigenvalue weighted by Crippen LogP contribution is -2.52. The first-order valence-corrected chi connectivity index (χ1v) is 8.72. The average Bonchev–Trinajstić information content (AvgIpc) is 2.64. The molecule has 2 heteroatoms. The largest absolute Gasteiger partial charge is 0.322 e. The summed E-state index contributed by atoms with van der Waals surface area (Å²) in [5.41, 5.74) is 18.8. The fourth-order valence-electron chi connectivity index (χ4n) is 3.60. The molecule has 0 aliphatic heterocycles. The van der Waals surface area contributed by atoms with E-state index < -0.39 is 5.54 Å². The zero-order valence-electron chi connectivity index (χ0n) is 14.5. The summed E-state index contributed by atoms with van der Waals surface area (Å²) in [7, 11) is 0. The van der Waals surface area contributed by atoms with Crippen LogP contribution in [0.25, 0.3) is 5.57 Å². The van der Waals surface area contributed by atoms with Crippen molar-refractivity contribution in [3.8, 4) is 0 Å². The molecular formula is C22H26N2. The zero-order valence-corrected chi connectivity index (χ0v) is 14.5. The van der Waals surface area contributed by atoms with Gasteiger partial charge in [0.15, 0.2) is 0 Å². The Bertz CT molecular complexity index is 752. The molecule has 3 rings (SSSR count). The molecule has 0 saturated carbocycles. The van der Waals surface area contributed by atoms with Crippen LogP contribution in [0.3, 0.4) is 0 Å². The molecule has 0 radical (unpaired) electrons. The summed E-state index contributed by atoms with van der Waals surface area (Å²) in [6.45, 7) is 4.34. The summed E-state index contributed by atoms with van der Waals surface area (Å²) in [6, 6.07) is 16.5. The fourth-order valence-corrected chi connectivity index (χ4v) is 3.60. The minimum absolute atomic E-state index is 0.254. The van der Waals surface area contributed by atoms with Gasteiger partial charge in [0, 0.05) is 6.04 Å². The SMILES string of the molecule is CCc1cccc(CC)c1C1(N)C=CC(c2ccccc2)=CC1N. The highest BCUT2D eigenvalue weighted by atomic mass is 14.9. The molecule has 0 heterocycles. The van der Waals surface area contributed by atoms with E-state index in [1.807, 2.05) is 18.2 Å². The smallest absolute Gasteiger partial charge is 0.0794 e. The number of hydrogen-bond donors (Lipinski definition) is 2. The molecule has 0 aromatic heterocycles. The van der Waals surface area contributed by atoms with E-state index in [4.69, 9.17) is 11.5 Å². The minimum Gasteiger partial charge on any atom is -0.322 e. The molecule has 0 saturated heterocycles. The Morgan fingerprint density at radius 2 is 1.54 bits per heavy atom. The van der Waals surface area contributed by atoms with Gasteiger partial charge in [0.1, 0.15) is 0 Å². The van der Waals surface area contributed by atoms with Crippen LogP contribution in [0.15, 0.2) is 66.8 Å². The second-order valence-corrected chi connectivity index (χ2v) is 6.44. The van der Waals surface area contributed by atoms with Gasteiger partial charge in [-0.15, -0.1) is 0 Å². The van der Waals surface area contributed by atoms with Gasteiger partial charge in [0.05, 0.1) is 5.54 Å². The lowest BCUT2D eigenvalue weighted by atomic mass is 9.74. The van der Waals surface area contributed by atoms with Crippen LogP contribution in [0.5, 0.6) is 0 Å². The van der Waals surface area contributed by atoms with E-state index in [2.05, 4.69) is 62.4 Å². The average molecular weight is 318 g/mol. The van der Waals surface area contributed by atoms with Crippen LogP contribution in [0.1, 0.15) is 36.1 Å². The van der Waals surface area contributed by atoms with Crippen LogP contribution in [-0.2, 0) is 18.4 Å². The van der Waals surface area contributed by atoms with E-state index in [1.165, 1.54) is 22.3 Å². The molecule has 2 atom stereocenters. The summed E-state index contributed by atoms with van der Waals surface area (Å²) in [6.07, 6.45) is 8.22. The molecule has 0 spiro atoms. The lowest BCUT2D eigenvalue weighted by molar-refractivity contribution is 0.485. The van der Waals surface area contributed by atoms with E-state index in [0.29, 0.717) is 0 Å². The van der Waals surface area contributed by atoms with Crippen LogP contribution in [0.4, 0.5) is 0 Å². The van der Waals surface area contributed by atoms with E-state index in [1.54, 1.807) is 0 Å². The van der Waals surface area contributed by atoms with Crippen molar-refractivity contribution in [2.45, 2.75) is 38.3 Å². The third kappa shape index (κ3) is 2.83. The van der Waals surface area contributed by atoms with E-state index in [9.17, 15) is 0 Å². The predicted molar refractivity (Wildman–Crippen MR) is 103 cm³/mol. The maximum absolute atomic E-state index is 6.86. The minimum atomic E-state index is -0.657. The molecule has 2 unspecified atom stereocenters. The number of benzene rings is 2. The molecule has 2 aromatic rings. The lowest BCUT2D eigenvalue weighted by Gasteiger charge is -2.37. The second-order valence-electron chi connectivity index (χ2n) is 6.44. The Balaban J connectivity index is 2.05. The van der Waals surface area contributed by atoms with Gasteiger partial charge in [-0.25, -0.2) is 0 Å². The highest BCUT2D eigenvalue weighted by molar-refractivity contribution is 5.77.